The lowest BCUT2D eigenvalue weighted by Gasteiger charge is -2.47. The number of nitrogens with zero attached hydrogens (tertiary/aromatic N) is 2. The number of anilines is 1. The molecular formula is C21H21Cl2N3O3S. The molecule has 2 unspecified atom stereocenters. The van der Waals surface area contributed by atoms with E-state index in [1.54, 1.807) is 23.6 Å². The second-order valence-corrected chi connectivity index (χ2v) is 10.3. The summed E-state index contributed by atoms with van der Waals surface area (Å²) >= 11 is 13.4. The van der Waals surface area contributed by atoms with Crippen molar-refractivity contribution < 1.29 is 14.4 Å². The first-order valence-corrected chi connectivity index (χ1v) is 11.2. The summed E-state index contributed by atoms with van der Waals surface area (Å²) in [4.78, 5) is 44.0. The van der Waals surface area contributed by atoms with Crippen molar-refractivity contribution in [3.05, 3.63) is 33.6 Å². The summed E-state index contributed by atoms with van der Waals surface area (Å²) in [5, 5.41) is 5.81. The van der Waals surface area contributed by atoms with Crippen LogP contribution in [0.3, 0.4) is 0 Å². The number of likely N-dealkylation sites (tertiary alicyclic amines) is 1. The summed E-state index contributed by atoms with van der Waals surface area (Å²) < 4.78 is 0. The fourth-order valence-corrected chi connectivity index (χ4v) is 5.74. The van der Waals surface area contributed by atoms with Crippen molar-refractivity contribution in [2.24, 2.45) is 16.7 Å². The van der Waals surface area contributed by atoms with Crippen LogP contribution in [0.4, 0.5) is 5.13 Å². The van der Waals surface area contributed by atoms with Crippen LogP contribution in [0.25, 0.3) is 11.3 Å². The predicted octanol–water partition coefficient (Wildman–Crippen LogP) is 4.87. The van der Waals surface area contributed by atoms with Gasteiger partial charge >= 0.3 is 0 Å². The minimum atomic E-state index is -0.633. The van der Waals surface area contributed by atoms with Gasteiger partial charge in [-0.25, -0.2) is 4.98 Å². The quantitative estimate of drug-likeness (QED) is 0.653. The monoisotopic (exact) mass is 465 g/mol. The van der Waals surface area contributed by atoms with Gasteiger partial charge in [-0.05, 0) is 36.5 Å². The van der Waals surface area contributed by atoms with E-state index in [-0.39, 0.29) is 24.3 Å². The molecule has 2 fully saturated rings. The van der Waals surface area contributed by atoms with Gasteiger partial charge in [0.1, 0.15) is 6.54 Å². The van der Waals surface area contributed by atoms with Gasteiger partial charge in [-0.2, -0.15) is 0 Å². The fraction of sp³-hybridized carbons (Fsp3) is 0.429. The molecule has 6 nitrogen and oxygen atoms in total. The highest BCUT2D eigenvalue weighted by Gasteiger charge is 2.64. The van der Waals surface area contributed by atoms with Crippen molar-refractivity contribution in [2.75, 3.05) is 11.9 Å². The van der Waals surface area contributed by atoms with E-state index in [9.17, 15) is 14.4 Å². The van der Waals surface area contributed by atoms with E-state index in [0.29, 0.717) is 39.3 Å². The maximum Gasteiger partial charge on any atom is 0.246 e. The largest absolute Gasteiger partial charge is 0.300 e. The number of nitrogens with one attached hydrogen (secondary N) is 1. The molecule has 3 amide bonds. The van der Waals surface area contributed by atoms with Crippen LogP contribution in [0.1, 0.15) is 33.6 Å². The molecule has 30 heavy (non-hydrogen) atoms. The number of imide groups is 1. The van der Waals surface area contributed by atoms with Gasteiger partial charge in [0.25, 0.3) is 0 Å². The second kappa shape index (κ2) is 7.32. The number of piperidine rings is 1. The van der Waals surface area contributed by atoms with Gasteiger partial charge in [0, 0.05) is 21.9 Å². The Bertz CT molecular complexity index is 1070. The van der Waals surface area contributed by atoms with Crippen LogP contribution in [-0.4, -0.2) is 34.2 Å². The Morgan fingerprint density at radius 2 is 2.03 bits per heavy atom. The van der Waals surface area contributed by atoms with Gasteiger partial charge in [-0.15, -0.1) is 11.3 Å². The first kappa shape index (κ1) is 21.3. The molecule has 1 aliphatic heterocycles. The Kier molecular flexibility index (Phi) is 5.19. The molecule has 158 valence electrons. The van der Waals surface area contributed by atoms with Gasteiger partial charge < -0.3 is 5.32 Å². The van der Waals surface area contributed by atoms with Gasteiger partial charge in [-0.3, -0.25) is 19.3 Å². The summed E-state index contributed by atoms with van der Waals surface area (Å²) in [5.41, 5.74) is 0.266. The lowest BCUT2D eigenvalue weighted by molar-refractivity contribution is -0.168. The number of fused-ring (bicyclic) bond motifs is 2. The van der Waals surface area contributed by atoms with Crippen LogP contribution < -0.4 is 5.32 Å². The number of hydrogen-bond donors (Lipinski definition) is 1. The smallest absolute Gasteiger partial charge is 0.246 e. The van der Waals surface area contributed by atoms with E-state index in [0.717, 1.165) is 4.90 Å². The molecule has 2 aromatic rings. The first-order chi connectivity index (χ1) is 14.0. The van der Waals surface area contributed by atoms with Crippen LogP contribution in [0, 0.1) is 16.7 Å². The Labute approximate surface area is 188 Å². The molecule has 2 aliphatic rings. The Hall–Kier alpha value is -1.96. The molecule has 1 aromatic carbocycles. The van der Waals surface area contributed by atoms with Crippen molar-refractivity contribution in [2.45, 2.75) is 33.6 Å². The lowest BCUT2D eigenvalue weighted by atomic mass is 9.62. The second-order valence-electron chi connectivity index (χ2n) is 8.58. The molecule has 0 spiro atoms. The van der Waals surface area contributed by atoms with Gasteiger partial charge in [0.2, 0.25) is 17.7 Å². The Morgan fingerprint density at radius 1 is 1.30 bits per heavy atom. The first-order valence-electron chi connectivity index (χ1n) is 9.61. The number of halogens is 2. The molecule has 1 saturated heterocycles. The van der Waals surface area contributed by atoms with E-state index in [4.69, 9.17) is 23.2 Å². The average molecular weight is 466 g/mol. The number of thiazole rings is 1. The SMILES string of the molecule is CC12CCC(C(=O)N(CC(=O)Nc3nc(-c4ccc(Cl)cc4Cl)cs3)C1=O)C2(C)C. The van der Waals surface area contributed by atoms with Crippen molar-refractivity contribution in [1.82, 2.24) is 9.88 Å². The van der Waals surface area contributed by atoms with Crippen molar-refractivity contribution in [3.8, 4) is 11.3 Å². The number of carbonyl (C=O) groups excluding carboxylic acids is 3. The minimum Gasteiger partial charge on any atom is -0.300 e. The zero-order valence-corrected chi connectivity index (χ0v) is 19.1. The van der Waals surface area contributed by atoms with Gasteiger partial charge in [-0.1, -0.05) is 44.0 Å². The maximum atomic E-state index is 13.1. The highest BCUT2D eigenvalue weighted by Crippen LogP contribution is 2.59. The summed E-state index contributed by atoms with van der Waals surface area (Å²) in [6.07, 6.45) is 1.33. The number of carbonyl (C=O) groups is 3. The molecule has 0 radical (unpaired) electrons. The highest BCUT2D eigenvalue weighted by molar-refractivity contribution is 7.14. The zero-order chi connectivity index (χ0) is 21.8. The van der Waals surface area contributed by atoms with Gasteiger partial charge in [0.05, 0.1) is 16.1 Å². The van der Waals surface area contributed by atoms with Crippen molar-refractivity contribution >= 4 is 57.4 Å². The molecule has 4 rings (SSSR count). The number of aromatic nitrogens is 1. The molecule has 1 saturated carbocycles. The summed E-state index contributed by atoms with van der Waals surface area (Å²) in [6, 6.07) is 5.10. The van der Waals surface area contributed by atoms with E-state index in [2.05, 4.69) is 10.3 Å². The molecule has 1 N–H and O–H groups in total. The normalized spacial score (nSPS) is 25.0. The molecule has 1 aliphatic carbocycles. The summed E-state index contributed by atoms with van der Waals surface area (Å²) in [6.45, 7) is 5.53. The van der Waals surface area contributed by atoms with Crippen LogP contribution in [0.15, 0.2) is 23.6 Å². The maximum absolute atomic E-state index is 13.1. The van der Waals surface area contributed by atoms with Crippen LogP contribution in [0.5, 0.6) is 0 Å². The Balaban J connectivity index is 1.48. The molecule has 1 aromatic heterocycles. The number of amides is 3. The van der Waals surface area contributed by atoms with Gasteiger partial charge in [0.15, 0.2) is 5.13 Å². The third-order valence-corrected chi connectivity index (χ3v) is 8.07. The highest BCUT2D eigenvalue weighted by atomic mass is 35.5. The van der Waals surface area contributed by atoms with Crippen LogP contribution >= 0.6 is 34.5 Å². The van der Waals surface area contributed by atoms with E-state index in [1.165, 1.54) is 11.3 Å². The van der Waals surface area contributed by atoms with E-state index >= 15 is 0 Å². The minimum absolute atomic E-state index is 0.244. The number of hydrogen-bond acceptors (Lipinski definition) is 5. The zero-order valence-electron chi connectivity index (χ0n) is 16.8. The van der Waals surface area contributed by atoms with Crippen molar-refractivity contribution in [1.29, 1.82) is 0 Å². The summed E-state index contributed by atoms with van der Waals surface area (Å²) in [7, 11) is 0. The van der Waals surface area contributed by atoms with E-state index < -0.39 is 16.7 Å². The third-order valence-electron chi connectivity index (χ3n) is 6.77. The van der Waals surface area contributed by atoms with E-state index in [1.807, 2.05) is 20.8 Å². The predicted molar refractivity (Wildman–Crippen MR) is 118 cm³/mol. The average Bonchev–Trinajstić information content (AvgIpc) is 3.18. The standard InChI is InChI=1S/C21H21Cl2N3O3S/c1-20(2)13-6-7-21(20,3)18(29)26(17(13)28)9-16(27)25-19-24-15(10-30-19)12-5-4-11(22)8-14(12)23/h4-5,8,10,13H,6-7,9H2,1-3H3,(H,24,25,27). The molecule has 2 heterocycles. The molecule has 2 bridgehead atoms. The molecule has 9 heteroatoms. The summed E-state index contributed by atoms with van der Waals surface area (Å²) in [5.74, 6) is -1.23. The Morgan fingerprint density at radius 3 is 2.73 bits per heavy atom. The van der Waals surface area contributed by atoms with Crippen molar-refractivity contribution in [3.63, 3.8) is 0 Å². The molecule has 2 atom stereocenters. The lowest BCUT2D eigenvalue weighted by Crippen LogP contribution is -2.60. The topological polar surface area (TPSA) is 79.4 Å². The van der Waals surface area contributed by atoms with Crippen LogP contribution in [-0.2, 0) is 14.4 Å². The molecular weight excluding hydrogens is 445 g/mol. The van der Waals surface area contributed by atoms with Crippen LogP contribution in [0.2, 0.25) is 10.0 Å². The fourth-order valence-electron chi connectivity index (χ4n) is 4.51. The third kappa shape index (κ3) is 3.24. The number of rotatable bonds is 4. The number of benzene rings is 1.